The number of anilines is 2. The quantitative estimate of drug-likeness (QED) is 0.389. The van der Waals surface area contributed by atoms with Crippen molar-refractivity contribution in [3.63, 3.8) is 0 Å². The summed E-state index contributed by atoms with van der Waals surface area (Å²) in [7, 11) is 0. The summed E-state index contributed by atoms with van der Waals surface area (Å²) in [5.41, 5.74) is 0.0920. The maximum absolute atomic E-state index is 12.1. The number of nitrogens with zero attached hydrogens (tertiary/aromatic N) is 2. The predicted molar refractivity (Wildman–Crippen MR) is 103 cm³/mol. The van der Waals surface area contributed by atoms with E-state index >= 15 is 0 Å². The van der Waals surface area contributed by atoms with E-state index < -0.39 is 10.9 Å². The second-order valence-corrected chi connectivity index (χ2v) is 7.13. The Kier molecular flexibility index (Phi) is 6.84. The van der Waals surface area contributed by atoms with Crippen LogP contribution >= 0.6 is 0 Å². The number of nitrogens with one attached hydrogen (secondary N) is 1. The molecule has 0 bridgehead atoms. The summed E-state index contributed by atoms with van der Waals surface area (Å²) in [4.78, 5) is 40.2. The highest BCUT2D eigenvalue weighted by Crippen LogP contribution is 2.26. The van der Waals surface area contributed by atoms with Crippen LogP contribution < -0.4 is 21.1 Å². The average Bonchev–Trinajstić information content (AvgIpc) is 2.71. The number of morpholine rings is 1. The van der Waals surface area contributed by atoms with Gasteiger partial charge >= 0.3 is 5.97 Å². The molecule has 0 aromatic heterocycles. The molecule has 0 spiro atoms. The molecule has 1 aromatic carbocycles. The first-order valence-corrected chi connectivity index (χ1v) is 9.90. The topological polar surface area (TPSA) is 88.2 Å². The fourth-order valence-corrected chi connectivity index (χ4v) is 3.79. The highest BCUT2D eigenvalue weighted by Gasteiger charge is 2.31. The van der Waals surface area contributed by atoms with Crippen molar-refractivity contribution in [2.45, 2.75) is 26.2 Å². The van der Waals surface area contributed by atoms with Gasteiger partial charge in [-0.1, -0.05) is 0 Å². The van der Waals surface area contributed by atoms with Crippen molar-refractivity contribution in [3.05, 3.63) is 20.4 Å². The smallest absolute Gasteiger partial charge is 0.309 e. The third-order valence-corrected chi connectivity index (χ3v) is 5.37. The van der Waals surface area contributed by atoms with Gasteiger partial charge in [0.25, 0.3) is 10.9 Å². The molecule has 2 fully saturated rings. The van der Waals surface area contributed by atoms with Crippen molar-refractivity contribution in [3.8, 4) is 0 Å². The van der Waals surface area contributed by atoms with E-state index in [1.165, 1.54) is 0 Å². The van der Waals surface area contributed by atoms with E-state index in [0.717, 1.165) is 39.3 Å². The monoisotopic (exact) mass is 379 g/mol. The van der Waals surface area contributed by atoms with Crippen molar-refractivity contribution < 1.29 is 14.3 Å². The highest BCUT2D eigenvalue weighted by atomic mass is 16.5. The van der Waals surface area contributed by atoms with Gasteiger partial charge in [-0.25, -0.2) is 0 Å². The third kappa shape index (κ3) is 4.68. The molecule has 2 heterocycles. The van der Waals surface area contributed by atoms with Crippen LogP contribution in [0.25, 0.3) is 0 Å². The summed E-state index contributed by atoms with van der Waals surface area (Å²) in [5, 5.41) is 3.16. The van der Waals surface area contributed by atoms with Crippen LogP contribution in [0.4, 0.5) is 11.4 Å². The summed E-state index contributed by atoms with van der Waals surface area (Å²) in [6.45, 7) is 8.42. The van der Waals surface area contributed by atoms with Crippen LogP contribution in [0.3, 0.4) is 0 Å². The summed E-state index contributed by atoms with van der Waals surface area (Å²) in [6.07, 6.45) is 2.20. The Balaban J connectivity index is 1.48. The standard InChI is InChI=1S/C19H29N3O5/c1-2-27-19(25)14-4-8-22(9-5-14)16-15(17(23)18(16)24)20-6-3-7-21-10-12-26-13-11-21/h14,20H,2-13H2,1H3. The lowest BCUT2D eigenvalue weighted by Gasteiger charge is -2.34. The lowest BCUT2D eigenvalue weighted by atomic mass is 9.96. The molecule has 150 valence electrons. The normalized spacial score (nSPS) is 19.4. The van der Waals surface area contributed by atoms with Crippen LogP contribution in [-0.2, 0) is 14.3 Å². The Bertz CT molecular complexity index is 699. The van der Waals surface area contributed by atoms with Gasteiger partial charge in [0.05, 0.1) is 25.7 Å². The van der Waals surface area contributed by atoms with Gasteiger partial charge in [0.15, 0.2) is 0 Å². The van der Waals surface area contributed by atoms with E-state index in [4.69, 9.17) is 9.47 Å². The van der Waals surface area contributed by atoms with Crippen molar-refractivity contribution in [2.75, 3.05) is 69.3 Å². The molecule has 8 heteroatoms. The molecule has 27 heavy (non-hydrogen) atoms. The molecule has 8 nitrogen and oxygen atoms in total. The number of hydrogen-bond donors (Lipinski definition) is 1. The summed E-state index contributed by atoms with van der Waals surface area (Å²) < 4.78 is 10.4. The number of ether oxygens (including phenoxy) is 2. The second kappa shape index (κ2) is 9.32. The van der Waals surface area contributed by atoms with Crippen molar-refractivity contribution >= 4 is 17.3 Å². The fraction of sp³-hybridized carbons (Fsp3) is 0.737. The minimum atomic E-state index is -0.427. The minimum Gasteiger partial charge on any atom is -0.466 e. The maximum atomic E-state index is 12.1. The van der Waals surface area contributed by atoms with Crippen LogP contribution in [0.2, 0.25) is 0 Å². The van der Waals surface area contributed by atoms with Gasteiger partial charge in [-0.15, -0.1) is 0 Å². The fourth-order valence-electron chi connectivity index (χ4n) is 3.79. The van der Waals surface area contributed by atoms with Gasteiger partial charge in [0, 0.05) is 32.7 Å². The van der Waals surface area contributed by atoms with E-state index in [1.54, 1.807) is 6.92 Å². The van der Waals surface area contributed by atoms with Crippen LogP contribution in [0.5, 0.6) is 0 Å². The molecule has 0 radical (unpaired) electrons. The SMILES string of the molecule is CCOC(=O)C1CCN(c2c(NCCCN3CCOCC3)c(=O)c2=O)CC1. The molecular formula is C19H29N3O5. The van der Waals surface area contributed by atoms with Gasteiger partial charge in [-0.2, -0.15) is 0 Å². The van der Waals surface area contributed by atoms with Crippen LogP contribution in [0.1, 0.15) is 26.2 Å². The van der Waals surface area contributed by atoms with Gasteiger partial charge < -0.3 is 19.7 Å². The number of rotatable bonds is 8. The Morgan fingerprint density at radius 3 is 2.52 bits per heavy atom. The number of carbonyl (C=O) groups excluding carboxylic acids is 1. The van der Waals surface area contributed by atoms with Gasteiger partial charge in [0.2, 0.25) is 0 Å². The van der Waals surface area contributed by atoms with Crippen molar-refractivity contribution in [2.24, 2.45) is 5.92 Å². The highest BCUT2D eigenvalue weighted by molar-refractivity contribution is 5.76. The van der Waals surface area contributed by atoms with E-state index in [0.29, 0.717) is 50.5 Å². The Labute approximate surface area is 159 Å². The van der Waals surface area contributed by atoms with E-state index in [2.05, 4.69) is 10.2 Å². The summed E-state index contributed by atoms with van der Waals surface area (Å²) >= 11 is 0. The first-order chi connectivity index (χ1) is 13.1. The molecular weight excluding hydrogens is 350 g/mol. The average molecular weight is 379 g/mol. The lowest BCUT2D eigenvalue weighted by molar-refractivity contribution is -0.148. The molecule has 0 aliphatic carbocycles. The number of carbonyl (C=O) groups is 1. The lowest BCUT2D eigenvalue weighted by Crippen LogP contribution is -2.46. The van der Waals surface area contributed by atoms with Crippen LogP contribution in [0, 0.1) is 5.92 Å². The summed E-state index contributed by atoms with van der Waals surface area (Å²) in [6, 6.07) is 0. The van der Waals surface area contributed by atoms with E-state index in [1.807, 2.05) is 4.90 Å². The van der Waals surface area contributed by atoms with Crippen LogP contribution in [0.15, 0.2) is 9.59 Å². The van der Waals surface area contributed by atoms with Crippen LogP contribution in [-0.4, -0.2) is 70.0 Å². The Hall–Kier alpha value is -1.93. The van der Waals surface area contributed by atoms with Crippen molar-refractivity contribution in [1.82, 2.24) is 4.90 Å². The molecule has 0 atom stereocenters. The number of hydrogen-bond acceptors (Lipinski definition) is 8. The van der Waals surface area contributed by atoms with Gasteiger partial charge in [-0.3, -0.25) is 19.3 Å². The predicted octanol–water partition coefficient (Wildman–Crippen LogP) is 0.196. The summed E-state index contributed by atoms with van der Waals surface area (Å²) in [5.74, 6) is -0.277. The third-order valence-electron chi connectivity index (χ3n) is 5.37. The van der Waals surface area contributed by atoms with E-state index in [-0.39, 0.29) is 11.9 Å². The molecule has 0 saturated carbocycles. The number of piperidine rings is 1. The largest absolute Gasteiger partial charge is 0.466 e. The molecule has 0 unspecified atom stereocenters. The van der Waals surface area contributed by atoms with Gasteiger partial charge in [-0.05, 0) is 32.7 Å². The molecule has 2 aliphatic heterocycles. The van der Waals surface area contributed by atoms with Crippen molar-refractivity contribution in [1.29, 1.82) is 0 Å². The number of esters is 1. The minimum absolute atomic E-state index is 0.113. The second-order valence-electron chi connectivity index (χ2n) is 7.13. The molecule has 3 rings (SSSR count). The Morgan fingerprint density at radius 1 is 1.15 bits per heavy atom. The molecule has 2 aliphatic rings. The zero-order chi connectivity index (χ0) is 19.2. The molecule has 1 aromatic rings. The molecule has 1 N–H and O–H groups in total. The first kappa shape index (κ1) is 19.8. The zero-order valence-corrected chi connectivity index (χ0v) is 16.0. The zero-order valence-electron chi connectivity index (χ0n) is 16.0. The first-order valence-electron chi connectivity index (χ1n) is 9.90. The molecule has 0 amide bonds. The van der Waals surface area contributed by atoms with Gasteiger partial charge in [0.1, 0.15) is 11.4 Å². The maximum Gasteiger partial charge on any atom is 0.309 e. The van der Waals surface area contributed by atoms with E-state index in [9.17, 15) is 14.4 Å². The Morgan fingerprint density at radius 2 is 1.85 bits per heavy atom. The molecule has 2 saturated heterocycles.